The molecule has 26 heavy (non-hydrogen) atoms. The molecule has 0 radical (unpaired) electrons. The molecule has 1 aromatic rings. The van der Waals surface area contributed by atoms with Gasteiger partial charge in [-0.1, -0.05) is 44.1 Å². The summed E-state index contributed by atoms with van der Waals surface area (Å²) < 4.78 is 26.0. The van der Waals surface area contributed by atoms with Gasteiger partial charge in [-0.15, -0.1) is 0 Å². The Hall–Kier alpha value is -1.62. The molecule has 2 aliphatic carbocycles. The molecule has 2 saturated carbocycles. The Morgan fingerprint density at radius 3 is 2.19 bits per heavy atom. The summed E-state index contributed by atoms with van der Waals surface area (Å²) in [6.45, 7) is 2.33. The van der Waals surface area contributed by atoms with Gasteiger partial charge in [-0.3, -0.25) is 0 Å². The van der Waals surface area contributed by atoms with E-state index in [1.165, 1.54) is 63.9 Å². The normalized spacial score (nSPS) is 29.3. The summed E-state index contributed by atoms with van der Waals surface area (Å²) in [6.07, 6.45) is 16.5. The van der Waals surface area contributed by atoms with Gasteiger partial charge >= 0.3 is 0 Å². The van der Waals surface area contributed by atoms with Gasteiger partial charge in [0.25, 0.3) is 0 Å². The molecule has 2 aliphatic rings. The van der Waals surface area contributed by atoms with E-state index in [0.717, 1.165) is 29.9 Å². The highest BCUT2D eigenvalue weighted by Crippen LogP contribution is 2.42. The first-order valence-electron chi connectivity index (χ1n) is 10.3. The fraction of sp³-hybridized carbons (Fsp3) is 0.583. The lowest BCUT2D eigenvalue weighted by atomic mass is 9.69. The number of hydrogen-bond acceptors (Lipinski definition) is 0. The van der Waals surface area contributed by atoms with Crippen molar-refractivity contribution in [1.82, 2.24) is 0 Å². The second-order valence-corrected chi connectivity index (χ2v) is 8.12. The van der Waals surface area contributed by atoms with E-state index in [9.17, 15) is 8.78 Å². The van der Waals surface area contributed by atoms with E-state index in [-0.39, 0.29) is 0 Å². The number of rotatable bonds is 3. The second kappa shape index (κ2) is 9.36. The van der Waals surface area contributed by atoms with E-state index in [4.69, 9.17) is 0 Å². The summed E-state index contributed by atoms with van der Waals surface area (Å²) >= 11 is 0. The van der Waals surface area contributed by atoms with E-state index in [2.05, 4.69) is 24.8 Å². The van der Waals surface area contributed by atoms with Gasteiger partial charge in [0.1, 0.15) is 0 Å². The molecule has 0 atom stereocenters. The van der Waals surface area contributed by atoms with Crippen molar-refractivity contribution in [3.63, 3.8) is 0 Å². The summed E-state index contributed by atoms with van der Waals surface area (Å²) in [7, 11) is 0. The molecule has 0 aromatic heterocycles. The highest BCUT2D eigenvalue weighted by atomic mass is 19.2. The Labute approximate surface area is 157 Å². The Bertz CT molecular complexity index is 663. The van der Waals surface area contributed by atoms with Gasteiger partial charge in [0.05, 0.1) is 0 Å². The van der Waals surface area contributed by atoms with Crippen LogP contribution in [0.4, 0.5) is 8.78 Å². The number of allylic oxidation sites excluding steroid dienone is 2. The fourth-order valence-corrected chi connectivity index (χ4v) is 4.76. The third-order valence-electron chi connectivity index (χ3n) is 6.54. The van der Waals surface area contributed by atoms with Gasteiger partial charge in [-0.25, -0.2) is 8.78 Å². The number of hydrogen-bond donors (Lipinski definition) is 0. The lowest BCUT2D eigenvalue weighted by molar-refractivity contribution is 0.154. The van der Waals surface area contributed by atoms with Crippen LogP contribution in [-0.2, 0) is 0 Å². The van der Waals surface area contributed by atoms with Gasteiger partial charge in [0, 0.05) is 5.56 Å². The Morgan fingerprint density at radius 2 is 1.58 bits per heavy atom. The molecular weight excluding hydrogens is 326 g/mol. The minimum atomic E-state index is -0.841. The topological polar surface area (TPSA) is 0 Å². The highest BCUT2D eigenvalue weighted by Gasteiger charge is 2.29. The van der Waals surface area contributed by atoms with Crippen molar-refractivity contribution in [1.29, 1.82) is 0 Å². The summed E-state index contributed by atoms with van der Waals surface area (Å²) in [5, 5.41) is 0. The zero-order valence-electron chi connectivity index (χ0n) is 15.8. The SMILES string of the molecule is CC[C@H]1CC[C@H](C2CCC(C=CC#Cc3ccc(F)c(F)c3)CC2)CC1. The smallest absolute Gasteiger partial charge is 0.160 e. The van der Waals surface area contributed by atoms with Crippen molar-refractivity contribution in [3.8, 4) is 11.8 Å². The van der Waals surface area contributed by atoms with Crippen molar-refractivity contribution in [3.05, 3.63) is 47.5 Å². The molecule has 2 fully saturated rings. The van der Waals surface area contributed by atoms with Crippen LogP contribution in [0.3, 0.4) is 0 Å². The van der Waals surface area contributed by atoms with Gasteiger partial charge < -0.3 is 0 Å². The quantitative estimate of drug-likeness (QED) is 0.517. The van der Waals surface area contributed by atoms with E-state index >= 15 is 0 Å². The Balaban J connectivity index is 1.43. The summed E-state index contributed by atoms with van der Waals surface area (Å²) in [5.41, 5.74) is 0.514. The standard InChI is InChI=1S/C24H30F2/c1-2-18-7-12-21(13-8-18)22-14-9-19(10-15-22)5-3-4-6-20-11-16-23(25)24(26)17-20/h3,5,11,16-19,21-22H,2,7-10,12-15H2,1H3/t18-,19?,21-,22?. The molecule has 0 saturated heterocycles. The number of halogens is 2. The van der Waals surface area contributed by atoms with Gasteiger partial charge in [0.15, 0.2) is 11.6 Å². The van der Waals surface area contributed by atoms with E-state index in [1.807, 2.05) is 6.08 Å². The molecule has 2 heteroatoms. The highest BCUT2D eigenvalue weighted by molar-refractivity contribution is 5.37. The maximum absolute atomic E-state index is 13.2. The van der Waals surface area contributed by atoms with Crippen LogP contribution < -0.4 is 0 Å². The maximum Gasteiger partial charge on any atom is 0.160 e. The monoisotopic (exact) mass is 356 g/mol. The summed E-state index contributed by atoms with van der Waals surface area (Å²) in [5.74, 6) is 7.68. The third kappa shape index (κ3) is 5.19. The maximum atomic E-state index is 13.2. The second-order valence-electron chi connectivity index (χ2n) is 8.12. The lowest BCUT2D eigenvalue weighted by Crippen LogP contribution is -2.25. The molecule has 0 aliphatic heterocycles. The first-order chi connectivity index (χ1) is 12.7. The van der Waals surface area contributed by atoms with Crippen molar-refractivity contribution >= 4 is 0 Å². The van der Waals surface area contributed by atoms with Gasteiger partial charge in [0.2, 0.25) is 0 Å². The number of benzene rings is 1. The summed E-state index contributed by atoms with van der Waals surface area (Å²) in [6, 6.07) is 3.78. The largest absolute Gasteiger partial charge is 0.204 e. The van der Waals surface area contributed by atoms with E-state index in [0.29, 0.717) is 11.5 Å². The average Bonchev–Trinajstić information content (AvgIpc) is 2.68. The van der Waals surface area contributed by atoms with Crippen LogP contribution in [0.1, 0.15) is 70.3 Å². The molecular formula is C24H30F2. The van der Waals surface area contributed by atoms with Crippen molar-refractivity contribution in [2.75, 3.05) is 0 Å². The third-order valence-corrected chi connectivity index (χ3v) is 6.54. The molecule has 0 heterocycles. The van der Waals surface area contributed by atoms with Crippen molar-refractivity contribution < 1.29 is 8.78 Å². The first kappa shape index (κ1) is 19.2. The van der Waals surface area contributed by atoms with E-state index in [1.54, 1.807) is 0 Å². The Morgan fingerprint density at radius 1 is 0.923 bits per heavy atom. The molecule has 0 nitrogen and oxygen atoms in total. The van der Waals surface area contributed by atoms with Gasteiger partial charge in [-0.05, 0) is 86.5 Å². The average molecular weight is 357 g/mol. The molecule has 3 rings (SSSR count). The molecule has 0 spiro atoms. The Kier molecular flexibility index (Phi) is 6.89. The molecule has 140 valence electrons. The molecule has 0 N–H and O–H groups in total. The predicted molar refractivity (Wildman–Crippen MR) is 104 cm³/mol. The van der Waals surface area contributed by atoms with Crippen molar-refractivity contribution in [2.45, 2.75) is 64.7 Å². The molecule has 1 aromatic carbocycles. The minimum absolute atomic E-state index is 0.514. The summed E-state index contributed by atoms with van der Waals surface area (Å²) in [4.78, 5) is 0. The first-order valence-corrected chi connectivity index (χ1v) is 10.3. The molecule has 0 bridgehead atoms. The van der Waals surface area contributed by atoms with E-state index < -0.39 is 11.6 Å². The van der Waals surface area contributed by atoms with Crippen LogP contribution in [0.25, 0.3) is 0 Å². The van der Waals surface area contributed by atoms with Crippen LogP contribution in [-0.4, -0.2) is 0 Å². The zero-order chi connectivity index (χ0) is 18.4. The zero-order valence-corrected chi connectivity index (χ0v) is 15.8. The van der Waals surface area contributed by atoms with Crippen LogP contribution >= 0.6 is 0 Å². The van der Waals surface area contributed by atoms with Crippen LogP contribution in [0.15, 0.2) is 30.4 Å². The fourth-order valence-electron chi connectivity index (χ4n) is 4.76. The predicted octanol–water partition coefficient (Wildman–Crippen LogP) is 6.90. The van der Waals surface area contributed by atoms with Crippen LogP contribution in [0, 0.1) is 47.1 Å². The van der Waals surface area contributed by atoms with Crippen LogP contribution in [0.5, 0.6) is 0 Å². The van der Waals surface area contributed by atoms with Crippen molar-refractivity contribution in [2.24, 2.45) is 23.7 Å². The van der Waals surface area contributed by atoms with Gasteiger partial charge in [-0.2, -0.15) is 0 Å². The molecule has 0 unspecified atom stereocenters. The minimum Gasteiger partial charge on any atom is -0.204 e. The molecule has 0 amide bonds. The lowest BCUT2D eigenvalue weighted by Gasteiger charge is -2.37. The van der Waals surface area contributed by atoms with Crippen LogP contribution in [0.2, 0.25) is 0 Å².